The summed E-state index contributed by atoms with van der Waals surface area (Å²) in [5, 5.41) is 10.1. The number of rotatable bonds is 5. The normalized spacial score (nSPS) is 11.9. The van der Waals surface area contributed by atoms with Gasteiger partial charge in [-0.25, -0.2) is 9.67 Å². The van der Waals surface area contributed by atoms with Crippen LogP contribution >= 0.6 is 0 Å². The molecule has 102 valence electrons. The summed E-state index contributed by atoms with van der Waals surface area (Å²) in [6, 6.07) is 0.271. The largest absolute Gasteiger partial charge is 0.350 e. The Hall–Kier alpha value is -1.43. The van der Waals surface area contributed by atoms with Crippen LogP contribution in [0.5, 0.6) is 0 Å². The number of nitrogens with one attached hydrogen (secondary N) is 2. The second kappa shape index (κ2) is 5.95. The SMILES string of the molecule is CC(C)n1ncnc1CNCC(=O)NC(C)(C)C. The number of hydrogen-bond acceptors (Lipinski definition) is 4. The maximum atomic E-state index is 11.6. The summed E-state index contributed by atoms with van der Waals surface area (Å²) >= 11 is 0. The summed E-state index contributed by atoms with van der Waals surface area (Å²) in [5.74, 6) is 0.826. The highest BCUT2D eigenvalue weighted by molar-refractivity contribution is 5.78. The van der Waals surface area contributed by atoms with Crippen molar-refractivity contribution in [2.45, 2.75) is 52.7 Å². The van der Waals surface area contributed by atoms with E-state index in [1.54, 1.807) is 0 Å². The second-order valence-corrected chi connectivity index (χ2v) is 5.62. The summed E-state index contributed by atoms with van der Waals surface area (Å²) < 4.78 is 1.84. The average molecular weight is 253 g/mol. The molecule has 0 unspecified atom stereocenters. The van der Waals surface area contributed by atoms with E-state index >= 15 is 0 Å². The van der Waals surface area contributed by atoms with Crippen molar-refractivity contribution in [1.29, 1.82) is 0 Å². The molecule has 0 saturated carbocycles. The van der Waals surface area contributed by atoms with Crippen molar-refractivity contribution < 1.29 is 4.79 Å². The Balaban J connectivity index is 2.38. The molecule has 1 aromatic heterocycles. The van der Waals surface area contributed by atoms with Gasteiger partial charge in [0.1, 0.15) is 12.2 Å². The highest BCUT2D eigenvalue weighted by atomic mass is 16.2. The molecule has 0 aliphatic carbocycles. The Labute approximate surface area is 108 Å². The second-order valence-electron chi connectivity index (χ2n) is 5.62. The van der Waals surface area contributed by atoms with Gasteiger partial charge in [0.15, 0.2) is 0 Å². The van der Waals surface area contributed by atoms with Crippen LogP contribution in [0.2, 0.25) is 0 Å². The van der Waals surface area contributed by atoms with E-state index in [9.17, 15) is 4.79 Å². The fourth-order valence-corrected chi connectivity index (χ4v) is 1.58. The predicted octanol–water partition coefficient (Wildman–Crippen LogP) is 0.863. The lowest BCUT2D eigenvalue weighted by molar-refractivity contribution is -0.121. The Morgan fingerprint density at radius 3 is 2.67 bits per heavy atom. The van der Waals surface area contributed by atoms with Gasteiger partial charge in [-0.1, -0.05) is 0 Å². The fraction of sp³-hybridized carbons (Fsp3) is 0.750. The number of nitrogens with zero attached hydrogens (tertiary/aromatic N) is 3. The molecule has 1 heterocycles. The molecule has 0 aromatic carbocycles. The first-order valence-electron chi connectivity index (χ1n) is 6.19. The highest BCUT2D eigenvalue weighted by Crippen LogP contribution is 2.04. The summed E-state index contributed by atoms with van der Waals surface area (Å²) in [5.41, 5.74) is -0.198. The van der Waals surface area contributed by atoms with Crippen molar-refractivity contribution in [3.63, 3.8) is 0 Å². The molecule has 18 heavy (non-hydrogen) atoms. The van der Waals surface area contributed by atoms with E-state index in [0.717, 1.165) is 5.82 Å². The molecule has 0 spiro atoms. The van der Waals surface area contributed by atoms with Crippen molar-refractivity contribution in [2.75, 3.05) is 6.54 Å². The van der Waals surface area contributed by atoms with Crippen LogP contribution < -0.4 is 10.6 Å². The number of hydrogen-bond donors (Lipinski definition) is 2. The van der Waals surface area contributed by atoms with Gasteiger partial charge in [0.2, 0.25) is 5.91 Å². The minimum absolute atomic E-state index is 0.0156. The standard InChI is InChI=1S/C12H23N5O/c1-9(2)17-10(14-8-15-17)6-13-7-11(18)16-12(3,4)5/h8-9,13H,6-7H2,1-5H3,(H,16,18). The van der Waals surface area contributed by atoms with Gasteiger partial charge in [-0.3, -0.25) is 4.79 Å². The van der Waals surface area contributed by atoms with Crippen molar-refractivity contribution in [1.82, 2.24) is 25.4 Å². The van der Waals surface area contributed by atoms with Gasteiger partial charge in [-0.2, -0.15) is 5.10 Å². The first kappa shape index (κ1) is 14.6. The number of amides is 1. The summed E-state index contributed by atoms with van der Waals surface area (Å²) in [6.07, 6.45) is 1.53. The van der Waals surface area contributed by atoms with Gasteiger partial charge in [0.25, 0.3) is 0 Å². The van der Waals surface area contributed by atoms with Crippen LogP contribution in [0, 0.1) is 0 Å². The molecule has 0 bridgehead atoms. The van der Waals surface area contributed by atoms with Crippen LogP contribution in [0.3, 0.4) is 0 Å². The topological polar surface area (TPSA) is 71.8 Å². The van der Waals surface area contributed by atoms with E-state index in [-0.39, 0.29) is 24.0 Å². The Morgan fingerprint density at radius 1 is 1.44 bits per heavy atom. The lowest BCUT2D eigenvalue weighted by Gasteiger charge is -2.20. The third-order valence-electron chi connectivity index (χ3n) is 2.22. The van der Waals surface area contributed by atoms with Crippen molar-refractivity contribution in [3.05, 3.63) is 12.2 Å². The quantitative estimate of drug-likeness (QED) is 0.816. The Morgan fingerprint density at radius 2 is 2.11 bits per heavy atom. The van der Waals surface area contributed by atoms with E-state index < -0.39 is 0 Å². The molecule has 0 fully saturated rings. The van der Waals surface area contributed by atoms with Gasteiger partial charge in [0, 0.05) is 11.6 Å². The molecular formula is C12H23N5O. The minimum Gasteiger partial charge on any atom is -0.350 e. The van der Waals surface area contributed by atoms with E-state index in [2.05, 4.69) is 20.7 Å². The summed E-state index contributed by atoms with van der Waals surface area (Å²) in [6.45, 7) is 10.8. The van der Waals surface area contributed by atoms with E-state index in [1.807, 2.05) is 39.3 Å². The lowest BCUT2D eigenvalue weighted by Crippen LogP contribution is -2.44. The molecule has 0 aliphatic heterocycles. The number of aromatic nitrogens is 3. The molecule has 0 saturated heterocycles. The van der Waals surface area contributed by atoms with Gasteiger partial charge >= 0.3 is 0 Å². The maximum absolute atomic E-state index is 11.6. The van der Waals surface area contributed by atoms with Crippen LogP contribution in [0.4, 0.5) is 0 Å². The minimum atomic E-state index is -0.198. The number of carbonyl (C=O) groups is 1. The van der Waals surface area contributed by atoms with Gasteiger partial charge in [-0.15, -0.1) is 0 Å². The Bertz CT molecular complexity index is 391. The highest BCUT2D eigenvalue weighted by Gasteiger charge is 2.13. The van der Waals surface area contributed by atoms with Crippen LogP contribution in [0.1, 0.15) is 46.5 Å². The smallest absolute Gasteiger partial charge is 0.234 e. The third-order valence-corrected chi connectivity index (χ3v) is 2.22. The zero-order valence-electron chi connectivity index (χ0n) is 11.8. The Kier molecular flexibility index (Phi) is 4.84. The van der Waals surface area contributed by atoms with Crippen LogP contribution in [-0.2, 0) is 11.3 Å². The number of carbonyl (C=O) groups excluding carboxylic acids is 1. The fourth-order valence-electron chi connectivity index (χ4n) is 1.58. The van der Waals surface area contributed by atoms with E-state index in [4.69, 9.17) is 0 Å². The van der Waals surface area contributed by atoms with Gasteiger partial charge < -0.3 is 10.6 Å². The van der Waals surface area contributed by atoms with Crippen LogP contribution in [0.15, 0.2) is 6.33 Å². The van der Waals surface area contributed by atoms with Crippen LogP contribution in [0.25, 0.3) is 0 Å². The summed E-state index contributed by atoms with van der Waals surface area (Å²) in [4.78, 5) is 15.8. The molecule has 0 radical (unpaired) electrons. The molecule has 6 nitrogen and oxygen atoms in total. The molecule has 6 heteroatoms. The first-order chi connectivity index (χ1) is 8.29. The van der Waals surface area contributed by atoms with Gasteiger partial charge in [-0.05, 0) is 34.6 Å². The third kappa shape index (κ3) is 4.83. The monoisotopic (exact) mass is 253 g/mol. The first-order valence-corrected chi connectivity index (χ1v) is 6.19. The maximum Gasteiger partial charge on any atom is 0.234 e. The van der Waals surface area contributed by atoms with Crippen molar-refractivity contribution in [2.24, 2.45) is 0 Å². The summed E-state index contributed by atoms with van der Waals surface area (Å²) in [7, 11) is 0. The average Bonchev–Trinajstić information content (AvgIpc) is 2.62. The van der Waals surface area contributed by atoms with E-state index in [0.29, 0.717) is 6.54 Å². The molecule has 2 N–H and O–H groups in total. The lowest BCUT2D eigenvalue weighted by atomic mass is 10.1. The predicted molar refractivity (Wildman–Crippen MR) is 70.0 cm³/mol. The molecule has 1 amide bonds. The molecule has 0 aliphatic rings. The van der Waals surface area contributed by atoms with E-state index in [1.165, 1.54) is 6.33 Å². The molecule has 0 atom stereocenters. The van der Waals surface area contributed by atoms with Crippen molar-refractivity contribution in [3.8, 4) is 0 Å². The van der Waals surface area contributed by atoms with Gasteiger partial charge in [0.05, 0.1) is 13.1 Å². The zero-order chi connectivity index (χ0) is 13.8. The van der Waals surface area contributed by atoms with Crippen molar-refractivity contribution >= 4 is 5.91 Å². The molecule has 1 aromatic rings. The van der Waals surface area contributed by atoms with Crippen LogP contribution in [-0.4, -0.2) is 32.8 Å². The zero-order valence-corrected chi connectivity index (χ0v) is 11.8. The molecule has 1 rings (SSSR count). The molecular weight excluding hydrogens is 230 g/mol.